The minimum absolute atomic E-state index is 0.00759. The molecule has 0 aromatic heterocycles. The minimum Gasteiger partial charge on any atom is -0.395 e. The van der Waals surface area contributed by atoms with Gasteiger partial charge in [-0.3, -0.25) is 4.90 Å². The number of rotatable bonds is 22. The van der Waals surface area contributed by atoms with Crippen LogP contribution >= 0.6 is 0 Å². The SMILES string of the molecule is CCN(CC)c1ccc(C(=CC=CC(c2ccc(N(CCO)CCO)cc2)C2C=CC(N(CCO)CCO)C=C2)c2ccc(N(CC)CC)cc2)cc1. The summed E-state index contributed by atoms with van der Waals surface area (Å²) >= 11 is 0. The van der Waals surface area contributed by atoms with Gasteiger partial charge in [0.05, 0.1) is 26.4 Å². The number of hydrogen-bond donors (Lipinski definition) is 4. The Morgan fingerprint density at radius 3 is 1.38 bits per heavy atom. The summed E-state index contributed by atoms with van der Waals surface area (Å²) in [4.78, 5) is 8.78. The van der Waals surface area contributed by atoms with E-state index in [1.165, 1.54) is 11.4 Å². The lowest BCUT2D eigenvalue weighted by Gasteiger charge is -2.30. The molecule has 286 valence electrons. The van der Waals surface area contributed by atoms with Crippen molar-refractivity contribution in [3.05, 3.63) is 132 Å². The van der Waals surface area contributed by atoms with Crippen molar-refractivity contribution >= 4 is 22.6 Å². The van der Waals surface area contributed by atoms with Gasteiger partial charge in [-0.05, 0) is 86.4 Å². The van der Waals surface area contributed by atoms with Crippen molar-refractivity contribution in [1.29, 1.82) is 0 Å². The highest BCUT2D eigenvalue weighted by Gasteiger charge is 2.22. The molecule has 1 unspecified atom stereocenters. The zero-order chi connectivity index (χ0) is 38.0. The van der Waals surface area contributed by atoms with Crippen LogP contribution in [0.3, 0.4) is 0 Å². The van der Waals surface area contributed by atoms with Crippen LogP contribution in [-0.4, -0.2) is 110 Å². The Bertz CT molecular complexity index is 1510. The topological polar surface area (TPSA) is 93.9 Å². The summed E-state index contributed by atoms with van der Waals surface area (Å²) in [5.74, 6) is 0.112. The van der Waals surface area contributed by atoms with Crippen LogP contribution in [-0.2, 0) is 0 Å². The smallest absolute Gasteiger partial charge is 0.0606 e. The molecule has 0 saturated carbocycles. The highest BCUT2D eigenvalue weighted by Crippen LogP contribution is 2.34. The minimum atomic E-state index is 0.00759. The van der Waals surface area contributed by atoms with Crippen molar-refractivity contribution in [3.8, 4) is 0 Å². The average molecular weight is 723 g/mol. The molecule has 0 spiro atoms. The lowest BCUT2D eigenvalue weighted by atomic mass is 9.82. The first-order valence-corrected chi connectivity index (χ1v) is 19.4. The molecule has 4 N–H and O–H groups in total. The lowest BCUT2D eigenvalue weighted by molar-refractivity contribution is 0.152. The van der Waals surface area contributed by atoms with Gasteiger partial charge in [0, 0.05) is 87.3 Å². The van der Waals surface area contributed by atoms with Crippen molar-refractivity contribution in [3.63, 3.8) is 0 Å². The summed E-state index contributed by atoms with van der Waals surface area (Å²) in [5, 5.41) is 38.4. The zero-order valence-electron chi connectivity index (χ0n) is 32.3. The Labute approximate surface area is 318 Å². The molecule has 4 rings (SSSR count). The third-order valence-electron chi connectivity index (χ3n) is 10.2. The number of aliphatic hydroxyl groups excluding tert-OH is 4. The Morgan fingerprint density at radius 2 is 0.962 bits per heavy atom. The van der Waals surface area contributed by atoms with E-state index < -0.39 is 0 Å². The number of benzene rings is 3. The molecular formula is C45H62N4O4. The second-order valence-electron chi connectivity index (χ2n) is 13.3. The Morgan fingerprint density at radius 1 is 0.547 bits per heavy atom. The van der Waals surface area contributed by atoms with Crippen LogP contribution in [0.2, 0.25) is 0 Å². The molecule has 8 nitrogen and oxygen atoms in total. The van der Waals surface area contributed by atoms with Gasteiger partial charge >= 0.3 is 0 Å². The molecule has 0 bridgehead atoms. The summed E-state index contributed by atoms with van der Waals surface area (Å²) in [6, 6.07) is 26.2. The van der Waals surface area contributed by atoms with Crippen LogP contribution in [0, 0.1) is 5.92 Å². The fraction of sp³-hybridized carbons (Fsp3) is 0.422. The van der Waals surface area contributed by atoms with Crippen molar-refractivity contribution in [2.24, 2.45) is 5.92 Å². The Balaban J connectivity index is 1.74. The van der Waals surface area contributed by atoms with Gasteiger partial charge in [0.2, 0.25) is 0 Å². The van der Waals surface area contributed by atoms with E-state index in [1.54, 1.807) is 0 Å². The van der Waals surface area contributed by atoms with E-state index in [1.807, 2.05) is 4.90 Å². The summed E-state index contributed by atoms with van der Waals surface area (Å²) in [6.07, 6.45) is 15.5. The summed E-state index contributed by atoms with van der Waals surface area (Å²) in [5.41, 5.74) is 8.01. The molecule has 0 saturated heterocycles. The van der Waals surface area contributed by atoms with Crippen LogP contribution in [0.25, 0.3) is 5.57 Å². The van der Waals surface area contributed by atoms with Gasteiger partial charge in [-0.1, -0.05) is 78.9 Å². The first-order valence-electron chi connectivity index (χ1n) is 19.4. The Hall–Kier alpha value is -4.18. The predicted molar refractivity (Wildman–Crippen MR) is 223 cm³/mol. The third kappa shape index (κ3) is 11.4. The first kappa shape index (κ1) is 41.6. The van der Waals surface area contributed by atoms with Gasteiger partial charge in [-0.2, -0.15) is 0 Å². The highest BCUT2D eigenvalue weighted by molar-refractivity contribution is 5.82. The fourth-order valence-corrected chi connectivity index (χ4v) is 7.25. The third-order valence-corrected chi connectivity index (χ3v) is 10.2. The molecule has 1 aliphatic carbocycles. The van der Waals surface area contributed by atoms with Crippen molar-refractivity contribution in [2.75, 3.05) is 93.5 Å². The first-order chi connectivity index (χ1) is 25.9. The molecule has 0 amide bonds. The van der Waals surface area contributed by atoms with Gasteiger partial charge in [-0.25, -0.2) is 0 Å². The molecule has 1 atom stereocenters. The second-order valence-corrected chi connectivity index (χ2v) is 13.3. The van der Waals surface area contributed by atoms with Gasteiger partial charge in [0.1, 0.15) is 0 Å². The maximum absolute atomic E-state index is 9.62. The van der Waals surface area contributed by atoms with Crippen molar-refractivity contribution in [1.82, 2.24) is 4.90 Å². The molecular weight excluding hydrogens is 661 g/mol. The normalized spacial score (nSPS) is 15.9. The molecule has 0 radical (unpaired) electrons. The van der Waals surface area contributed by atoms with Crippen LogP contribution in [0.5, 0.6) is 0 Å². The lowest BCUT2D eigenvalue weighted by Crippen LogP contribution is -2.38. The van der Waals surface area contributed by atoms with Crippen molar-refractivity contribution in [2.45, 2.75) is 39.7 Å². The maximum atomic E-state index is 9.62. The molecule has 53 heavy (non-hydrogen) atoms. The molecule has 0 fully saturated rings. The molecule has 3 aromatic rings. The number of anilines is 3. The highest BCUT2D eigenvalue weighted by atomic mass is 16.3. The van der Waals surface area contributed by atoms with Crippen LogP contribution in [0.4, 0.5) is 17.1 Å². The van der Waals surface area contributed by atoms with Crippen molar-refractivity contribution < 1.29 is 20.4 Å². The van der Waals surface area contributed by atoms with Gasteiger partial charge in [0.25, 0.3) is 0 Å². The van der Waals surface area contributed by atoms with Gasteiger partial charge < -0.3 is 35.1 Å². The molecule has 0 heterocycles. The van der Waals surface area contributed by atoms with E-state index in [4.69, 9.17) is 0 Å². The van der Waals surface area contributed by atoms with E-state index in [9.17, 15) is 20.4 Å². The predicted octanol–water partition coefficient (Wildman–Crippen LogP) is 6.34. The molecule has 8 heteroatoms. The number of hydrogen-bond acceptors (Lipinski definition) is 8. The quantitative estimate of drug-likeness (QED) is 0.0706. The van der Waals surface area contributed by atoms with E-state index in [0.717, 1.165) is 54.1 Å². The summed E-state index contributed by atoms with van der Waals surface area (Å²) < 4.78 is 0. The Kier molecular flexibility index (Phi) is 17.4. The maximum Gasteiger partial charge on any atom is 0.0606 e. The van der Waals surface area contributed by atoms with Gasteiger partial charge in [-0.15, -0.1) is 0 Å². The second kappa shape index (κ2) is 22.1. The largest absolute Gasteiger partial charge is 0.395 e. The van der Waals surface area contributed by atoms with E-state index in [2.05, 4.69) is 158 Å². The summed E-state index contributed by atoms with van der Waals surface area (Å²) in [6.45, 7) is 14.6. The van der Waals surface area contributed by atoms with E-state index in [-0.39, 0.29) is 44.3 Å². The van der Waals surface area contributed by atoms with E-state index in [0.29, 0.717) is 26.2 Å². The van der Waals surface area contributed by atoms with Crippen LogP contribution in [0.1, 0.15) is 50.3 Å². The van der Waals surface area contributed by atoms with Crippen LogP contribution in [0.15, 0.2) is 115 Å². The fourth-order valence-electron chi connectivity index (χ4n) is 7.25. The number of allylic oxidation sites excluding steroid dienone is 5. The van der Waals surface area contributed by atoms with Gasteiger partial charge in [0.15, 0.2) is 0 Å². The zero-order valence-corrected chi connectivity index (χ0v) is 32.3. The standard InChI is InChI=1S/C45H62N4O4/c1-5-46(6-2)40-20-12-36(13-21-40)44(37-14-22-41(23-15-37)47(7-3)8-4)10-9-11-45(38-16-24-42(25-17-38)48(28-32-50)29-33-51)39-18-26-43(27-19-39)49(30-34-52)31-35-53/h9-27,38,42,45,50-53H,5-8,28-35H2,1-4H3. The molecule has 3 aromatic carbocycles. The van der Waals surface area contributed by atoms with Crippen LogP contribution < -0.4 is 14.7 Å². The number of aliphatic hydroxyl groups is 4. The average Bonchev–Trinajstić information content (AvgIpc) is 3.20. The summed E-state index contributed by atoms with van der Waals surface area (Å²) in [7, 11) is 0. The molecule has 1 aliphatic rings. The monoisotopic (exact) mass is 722 g/mol. The van der Waals surface area contributed by atoms with E-state index >= 15 is 0 Å². The number of nitrogens with zero attached hydrogens (tertiary/aromatic N) is 4. The molecule has 0 aliphatic heterocycles.